The number of pyridine rings is 2. The Morgan fingerprint density at radius 3 is 2.62 bits per heavy atom. The van der Waals surface area contributed by atoms with Crippen molar-refractivity contribution in [3.63, 3.8) is 0 Å². The number of carbonyl (C=O) groups excluding carboxylic acids is 1. The van der Waals surface area contributed by atoms with Gasteiger partial charge in [-0.25, -0.2) is 9.78 Å². The molecule has 29 heavy (non-hydrogen) atoms. The zero-order chi connectivity index (χ0) is 20.4. The Hall–Kier alpha value is -3.56. The molecule has 9 nitrogen and oxygen atoms in total. The second kappa shape index (κ2) is 7.82. The molecule has 0 aliphatic rings. The molecule has 1 unspecified atom stereocenters. The van der Waals surface area contributed by atoms with Crippen LogP contribution in [0.1, 0.15) is 18.6 Å². The lowest BCUT2D eigenvalue weighted by molar-refractivity contribution is 0.201. The van der Waals surface area contributed by atoms with Crippen molar-refractivity contribution in [3.05, 3.63) is 65.7 Å². The standard InChI is InChI=1S/C19H16ClN7O2/c1-11(28)17-13-4-2-3-5-15(13)21-10-16(17)26-19(29)25-12-8-14(20)18(22-9-12)27-23-6-7-24-27/h2-11,28H,1H3,(H2,25,26,29). The number of nitrogens with zero attached hydrogens (tertiary/aromatic N) is 5. The van der Waals surface area contributed by atoms with Gasteiger partial charge in [0.15, 0.2) is 5.82 Å². The van der Waals surface area contributed by atoms with Crippen LogP contribution < -0.4 is 10.6 Å². The van der Waals surface area contributed by atoms with Crippen LogP contribution >= 0.6 is 11.6 Å². The largest absolute Gasteiger partial charge is 0.389 e. The molecule has 4 rings (SSSR count). The van der Waals surface area contributed by atoms with Crippen molar-refractivity contribution in [2.24, 2.45) is 0 Å². The number of halogens is 1. The molecule has 3 heterocycles. The summed E-state index contributed by atoms with van der Waals surface area (Å²) in [6.45, 7) is 1.64. The zero-order valence-corrected chi connectivity index (χ0v) is 16.0. The topological polar surface area (TPSA) is 118 Å². The van der Waals surface area contributed by atoms with Crippen molar-refractivity contribution in [1.29, 1.82) is 0 Å². The van der Waals surface area contributed by atoms with Crippen LogP contribution in [-0.2, 0) is 0 Å². The lowest BCUT2D eigenvalue weighted by Crippen LogP contribution is -2.21. The quantitative estimate of drug-likeness (QED) is 0.474. The lowest BCUT2D eigenvalue weighted by Gasteiger charge is -2.16. The van der Waals surface area contributed by atoms with Gasteiger partial charge in [0, 0.05) is 10.9 Å². The predicted molar refractivity (Wildman–Crippen MR) is 109 cm³/mol. The van der Waals surface area contributed by atoms with E-state index in [-0.39, 0.29) is 5.02 Å². The highest BCUT2D eigenvalue weighted by atomic mass is 35.5. The van der Waals surface area contributed by atoms with Gasteiger partial charge in [0.25, 0.3) is 0 Å². The molecule has 0 bridgehead atoms. The molecule has 4 aromatic rings. The van der Waals surface area contributed by atoms with Crippen LogP contribution in [0.4, 0.5) is 16.2 Å². The Morgan fingerprint density at radius 1 is 1.14 bits per heavy atom. The van der Waals surface area contributed by atoms with Crippen molar-refractivity contribution in [2.75, 3.05) is 10.6 Å². The molecule has 0 aliphatic carbocycles. The van der Waals surface area contributed by atoms with Crippen molar-refractivity contribution in [3.8, 4) is 5.82 Å². The fourth-order valence-corrected chi connectivity index (χ4v) is 3.21. The third kappa shape index (κ3) is 3.86. The Bertz CT molecular complexity index is 1180. The lowest BCUT2D eigenvalue weighted by atomic mass is 10.0. The molecule has 0 fully saturated rings. The third-order valence-electron chi connectivity index (χ3n) is 4.17. The summed E-state index contributed by atoms with van der Waals surface area (Å²) < 4.78 is 0. The summed E-state index contributed by atoms with van der Waals surface area (Å²) in [6, 6.07) is 8.42. The molecule has 0 aliphatic heterocycles. The number of rotatable bonds is 4. The predicted octanol–water partition coefficient (Wildman–Crippen LogP) is 3.56. The average molecular weight is 410 g/mol. The maximum Gasteiger partial charge on any atom is 0.323 e. The number of nitrogens with one attached hydrogen (secondary N) is 2. The monoisotopic (exact) mass is 409 g/mol. The molecular weight excluding hydrogens is 394 g/mol. The van der Waals surface area contributed by atoms with Gasteiger partial charge >= 0.3 is 6.03 Å². The van der Waals surface area contributed by atoms with E-state index in [1.807, 2.05) is 24.3 Å². The van der Waals surface area contributed by atoms with E-state index in [4.69, 9.17) is 11.6 Å². The Labute approximate surface area is 170 Å². The van der Waals surface area contributed by atoms with Crippen LogP contribution in [0.5, 0.6) is 0 Å². The van der Waals surface area contributed by atoms with Crippen molar-refractivity contribution < 1.29 is 9.90 Å². The molecule has 2 amide bonds. The number of hydrogen-bond donors (Lipinski definition) is 3. The first kappa shape index (κ1) is 18.8. The minimum atomic E-state index is -0.796. The molecule has 3 N–H and O–H groups in total. The van der Waals surface area contributed by atoms with Gasteiger partial charge in [0.2, 0.25) is 0 Å². The number of aromatic nitrogens is 5. The minimum Gasteiger partial charge on any atom is -0.389 e. The number of anilines is 2. The summed E-state index contributed by atoms with van der Waals surface area (Å²) in [5.74, 6) is 0.345. The fourth-order valence-electron chi connectivity index (χ4n) is 2.97. The number of fused-ring (bicyclic) bond motifs is 1. The molecule has 0 spiro atoms. The third-order valence-corrected chi connectivity index (χ3v) is 4.45. The summed E-state index contributed by atoms with van der Waals surface area (Å²) in [4.78, 5) is 22.3. The SMILES string of the molecule is CC(O)c1c(NC(=O)Nc2cnc(-n3nccn3)c(Cl)c2)cnc2ccccc12. The number of carbonyl (C=O) groups is 1. The summed E-state index contributed by atoms with van der Waals surface area (Å²) >= 11 is 6.22. The van der Waals surface area contributed by atoms with Gasteiger partial charge in [-0.1, -0.05) is 29.8 Å². The first-order valence-corrected chi connectivity index (χ1v) is 9.06. The van der Waals surface area contributed by atoms with Crippen LogP contribution in [-0.4, -0.2) is 36.1 Å². The number of aliphatic hydroxyl groups excluding tert-OH is 1. The van der Waals surface area contributed by atoms with E-state index < -0.39 is 12.1 Å². The highest BCUT2D eigenvalue weighted by molar-refractivity contribution is 6.32. The highest BCUT2D eigenvalue weighted by Crippen LogP contribution is 2.30. The molecule has 146 valence electrons. The first-order valence-electron chi connectivity index (χ1n) is 8.69. The van der Waals surface area contributed by atoms with Crippen molar-refractivity contribution in [1.82, 2.24) is 25.0 Å². The molecule has 0 saturated carbocycles. The van der Waals surface area contributed by atoms with Gasteiger partial charge < -0.3 is 15.7 Å². The van der Waals surface area contributed by atoms with Gasteiger partial charge in [-0.05, 0) is 19.1 Å². The van der Waals surface area contributed by atoms with Crippen LogP contribution in [0.25, 0.3) is 16.7 Å². The fraction of sp³-hybridized carbons (Fsp3) is 0.105. The van der Waals surface area contributed by atoms with Gasteiger partial charge in [-0.3, -0.25) is 4.98 Å². The Balaban J connectivity index is 1.56. The van der Waals surface area contributed by atoms with E-state index >= 15 is 0 Å². The summed E-state index contributed by atoms with van der Waals surface area (Å²) in [7, 11) is 0. The number of amides is 2. The molecular formula is C19H16ClN7O2. The molecule has 1 aromatic carbocycles. The number of para-hydroxylation sites is 1. The number of hydrogen-bond acceptors (Lipinski definition) is 6. The second-order valence-electron chi connectivity index (χ2n) is 6.21. The van der Waals surface area contributed by atoms with E-state index in [0.717, 1.165) is 10.9 Å². The van der Waals surface area contributed by atoms with E-state index in [1.165, 1.54) is 29.6 Å². The molecule has 0 radical (unpaired) electrons. The maximum absolute atomic E-state index is 12.5. The zero-order valence-electron chi connectivity index (χ0n) is 15.2. The molecule has 3 aromatic heterocycles. The van der Waals surface area contributed by atoms with Gasteiger partial charge in [-0.15, -0.1) is 4.80 Å². The van der Waals surface area contributed by atoms with Crippen LogP contribution in [0.15, 0.2) is 55.1 Å². The van der Waals surface area contributed by atoms with Gasteiger partial charge in [0.1, 0.15) is 0 Å². The summed E-state index contributed by atoms with van der Waals surface area (Å²) in [6.07, 6.45) is 5.18. The van der Waals surface area contributed by atoms with E-state index in [0.29, 0.717) is 22.8 Å². The van der Waals surface area contributed by atoms with Crippen LogP contribution in [0.2, 0.25) is 5.02 Å². The number of urea groups is 1. The van der Waals surface area contributed by atoms with Crippen LogP contribution in [0, 0.1) is 0 Å². The molecule has 10 heteroatoms. The van der Waals surface area contributed by atoms with E-state index in [2.05, 4.69) is 30.8 Å². The van der Waals surface area contributed by atoms with Crippen LogP contribution in [0.3, 0.4) is 0 Å². The van der Waals surface area contributed by atoms with Gasteiger partial charge in [0.05, 0.1) is 52.8 Å². The second-order valence-corrected chi connectivity index (χ2v) is 6.61. The summed E-state index contributed by atoms with van der Waals surface area (Å²) in [5, 5.41) is 24.6. The highest BCUT2D eigenvalue weighted by Gasteiger charge is 2.16. The van der Waals surface area contributed by atoms with E-state index in [9.17, 15) is 9.90 Å². The number of aliphatic hydroxyl groups is 1. The first-order chi connectivity index (χ1) is 14.0. The Kier molecular flexibility index (Phi) is 5.07. The van der Waals surface area contributed by atoms with Gasteiger partial charge in [-0.2, -0.15) is 10.2 Å². The normalized spacial score (nSPS) is 12.0. The number of benzene rings is 1. The van der Waals surface area contributed by atoms with Crippen molar-refractivity contribution >= 4 is 39.9 Å². The maximum atomic E-state index is 12.5. The molecule has 0 saturated heterocycles. The van der Waals surface area contributed by atoms with E-state index in [1.54, 1.807) is 13.0 Å². The average Bonchev–Trinajstić information content (AvgIpc) is 3.22. The van der Waals surface area contributed by atoms with Crippen molar-refractivity contribution in [2.45, 2.75) is 13.0 Å². The molecule has 1 atom stereocenters. The Morgan fingerprint density at radius 2 is 1.90 bits per heavy atom. The minimum absolute atomic E-state index is 0.274. The smallest absolute Gasteiger partial charge is 0.323 e. The summed E-state index contributed by atoms with van der Waals surface area (Å²) in [5.41, 5.74) is 2.11.